The van der Waals surface area contributed by atoms with Gasteiger partial charge in [-0.3, -0.25) is 20.3 Å². The number of esters is 1. The Morgan fingerprint density at radius 3 is 2.38 bits per heavy atom. The Kier molecular flexibility index (Phi) is 8.33. The number of nitrogens with zero attached hydrogens (tertiary/aromatic N) is 2. The molecule has 0 aromatic heterocycles. The SMILES string of the molecule is CCOC(=O)CC(=NNc1c(Cl)cc(Cl)cc1Cl)Nc1cc([N+](=O)[O-])ccc1Cl. The van der Waals surface area contributed by atoms with E-state index in [1.54, 1.807) is 6.92 Å². The maximum atomic E-state index is 11.9. The summed E-state index contributed by atoms with van der Waals surface area (Å²) in [4.78, 5) is 22.3. The van der Waals surface area contributed by atoms with Crippen LogP contribution in [0.5, 0.6) is 0 Å². The molecular formula is C17H14Cl4N4O4. The molecule has 29 heavy (non-hydrogen) atoms. The fourth-order valence-electron chi connectivity index (χ4n) is 2.11. The fraction of sp³-hybridized carbons (Fsp3) is 0.176. The number of anilines is 2. The number of carbonyl (C=O) groups excluding carboxylic acids is 1. The van der Waals surface area contributed by atoms with Gasteiger partial charge in [0.05, 0.1) is 38.0 Å². The van der Waals surface area contributed by atoms with Crippen molar-refractivity contribution in [2.24, 2.45) is 5.10 Å². The fourth-order valence-corrected chi connectivity index (χ4v) is 3.18. The smallest absolute Gasteiger partial charge is 0.313 e. The highest BCUT2D eigenvalue weighted by molar-refractivity contribution is 6.41. The van der Waals surface area contributed by atoms with Gasteiger partial charge in [0.15, 0.2) is 0 Å². The van der Waals surface area contributed by atoms with Crippen molar-refractivity contribution in [2.75, 3.05) is 17.3 Å². The Labute approximate surface area is 185 Å². The Bertz CT molecular complexity index is 945. The van der Waals surface area contributed by atoms with Gasteiger partial charge in [-0.25, -0.2) is 0 Å². The summed E-state index contributed by atoms with van der Waals surface area (Å²) in [5.41, 5.74) is 2.90. The molecule has 0 atom stereocenters. The summed E-state index contributed by atoms with van der Waals surface area (Å²) in [6.45, 7) is 1.83. The largest absolute Gasteiger partial charge is 0.466 e. The molecule has 2 aromatic rings. The highest BCUT2D eigenvalue weighted by atomic mass is 35.5. The van der Waals surface area contributed by atoms with Gasteiger partial charge in [-0.05, 0) is 25.1 Å². The molecule has 0 saturated carbocycles. The predicted molar refractivity (Wildman–Crippen MR) is 116 cm³/mol. The van der Waals surface area contributed by atoms with Crippen molar-refractivity contribution in [1.29, 1.82) is 0 Å². The number of rotatable bonds is 7. The number of benzene rings is 2. The number of hydrogen-bond acceptors (Lipinski definition) is 6. The molecule has 0 saturated heterocycles. The van der Waals surface area contributed by atoms with Crippen LogP contribution in [0.25, 0.3) is 0 Å². The van der Waals surface area contributed by atoms with Crippen LogP contribution in [0.2, 0.25) is 20.1 Å². The minimum absolute atomic E-state index is 0.0629. The molecule has 2 aromatic carbocycles. The van der Waals surface area contributed by atoms with Crippen LogP contribution < -0.4 is 10.7 Å². The number of amidine groups is 1. The van der Waals surface area contributed by atoms with Crippen LogP contribution in [0, 0.1) is 10.1 Å². The van der Waals surface area contributed by atoms with Crippen molar-refractivity contribution in [1.82, 2.24) is 0 Å². The predicted octanol–water partition coefficient (Wildman–Crippen LogP) is 6.00. The maximum absolute atomic E-state index is 11.9. The number of halogens is 4. The van der Waals surface area contributed by atoms with E-state index in [0.717, 1.165) is 0 Å². The van der Waals surface area contributed by atoms with Gasteiger partial charge in [-0.2, -0.15) is 5.10 Å². The van der Waals surface area contributed by atoms with E-state index < -0.39 is 10.9 Å². The molecule has 0 amide bonds. The molecule has 8 nitrogen and oxygen atoms in total. The van der Waals surface area contributed by atoms with E-state index in [1.807, 2.05) is 0 Å². The third-order valence-corrected chi connectivity index (χ3v) is 4.51. The minimum atomic E-state index is -0.574. The van der Waals surface area contributed by atoms with Gasteiger partial charge < -0.3 is 10.1 Å². The average Bonchev–Trinajstić information content (AvgIpc) is 2.62. The first kappa shape index (κ1) is 23.0. The summed E-state index contributed by atoms with van der Waals surface area (Å²) < 4.78 is 4.92. The van der Waals surface area contributed by atoms with E-state index in [0.29, 0.717) is 5.02 Å². The first-order valence-corrected chi connectivity index (χ1v) is 9.56. The summed E-state index contributed by atoms with van der Waals surface area (Å²) in [6, 6.07) is 6.74. The van der Waals surface area contributed by atoms with E-state index in [9.17, 15) is 14.9 Å². The van der Waals surface area contributed by atoms with Gasteiger partial charge >= 0.3 is 5.97 Å². The van der Waals surface area contributed by atoms with Crippen molar-refractivity contribution >= 4 is 75.3 Å². The van der Waals surface area contributed by atoms with Gasteiger partial charge in [0.1, 0.15) is 12.3 Å². The number of hydrazone groups is 1. The van der Waals surface area contributed by atoms with E-state index in [4.69, 9.17) is 51.1 Å². The zero-order valence-corrected chi connectivity index (χ0v) is 17.9. The van der Waals surface area contributed by atoms with Crippen molar-refractivity contribution < 1.29 is 14.5 Å². The molecule has 2 rings (SSSR count). The molecule has 0 heterocycles. The topological polar surface area (TPSA) is 106 Å². The Balaban J connectivity index is 2.35. The van der Waals surface area contributed by atoms with Gasteiger partial charge in [-0.1, -0.05) is 46.4 Å². The molecule has 12 heteroatoms. The van der Waals surface area contributed by atoms with Crippen LogP contribution in [0.3, 0.4) is 0 Å². The number of non-ortho nitro benzene ring substituents is 1. The number of hydrogen-bond donors (Lipinski definition) is 2. The highest BCUT2D eigenvalue weighted by Crippen LogP contribution is 2.34. The molecule has 0 aliphatic heterocycles. The van der Waals surface area contributed by atoms with Crippen LogP contribution >= 0.6 is 46.4 Å². The first-order chi connectivity index (χ1) is 13.7. The van der Waals surface area contributed by atoms with Crippen molar-refractivity contribution in [2.45, 2.75) is 13.3 Å². The highest BCUT2D eigenvalue weighted by Gasteiger charge is 2.15. The molecule has 154 valence electrons. The van der Waals surface area contributed by atoms with E-state index in [-0.39, 0.29) is 51.0 Å². The lowest BCUT2D eigenvalue weighted by molar-refractivity contribution is -0.384. The number of carbonyl (C=O) groups is 1. The molecule has 0 spiro atoms. The summed E-state index contributed by atoms with van der Waals surface area (Å²) in [5.74, 6) is -0.511. The Morgan fingerprint density at radius 1 is 1.14 bits per heavy atom. The molecule has 0 aliphatic carbocycles. The molecule has 0 radical (unpaired) electrons. The molecule has 0 bridgehead atoms. The van der Waals surface area contributed by atoms with Gasteiger partial charge in [-0.15, -0.1) is 0 Å². The second-order valence-corrected chi connectivity index (χ2v) is 7.10. The second kappa shape index (κ2) is 10.5. The Morgan fingerprint density at radius 2 is 1.79 bits per heavy atom. The van der Waals surface area contributed by atoms with Crippen molar-refractivity contribution in [3.05, 3.63) is 60.5 Å². The number of ether oxygens (including phenoxy) is 1. The lowest BCUT2D eigenvalue weighted by Crippen LogP contribution is -2.20. The lowest BCUT2D eigenvalue weighted by atomic mass is 10.2. The standard InChI is InChI=1S/C17H14Cl4N4O4/c1-2-29-16(26)8-15(22-14-7-10(25(27)28)3-4-11(14)19)23-24-17-12(20)5-9(18)6-13(17)21/h3-7,24H,2,8H2,1H3,(H,22,23). The first-order valence-electron chi connectivity index (χ1n) is 8.05. The Hall–Kier alpha value is -2.26. The van der Waals surface area contributed by atoms with Gasteiger partial charge in [0.2, 0.25) is 0 Å². The lowest BCUT2D eigenvalue weighted by Gasteiger charge is -2.13. The minimum Gasteiger partial charge on any atom is -0.466 e. The van der Waals surface area contributed by atoms with Crippen molar-refractivity contribution in [3.8, 4) is 0 Å². The van der Waals surface area contributed by atoms with Gasteiger partial charge in [0, 0.05) is 17.2 Å². The van der Waals surface area contributed by atoms with Crippen LogP contribution in [-0.2, 0) is 9.53 Å². The van der Waals surface area contributed by atoms with E-state index in [1.165, 1.54) is 30.3 Å². The molecule has 0 unspecified atom stereocenters. The number of nitro benzene ring substituents is 1. The molecule has 2 N–H and O–H groups in total. The number of nitrogens with one attached hydrogen (secondary N) is 2. The molecule has 0 aliphatic rings. The zero-order valence-electron chi connectivity index (χ0n) is 14.8. The zero-order chi connectivity index (χ0) is 21.6. The average molecular weight is 480 g/mol. The normalized spacial score (nSPS) is 11.1. The van der Waals surface area contributed by atoms with E-state index in [2.05, 4.69) is 15.8 Å². The second-order valence-electron chi connectivity index (χ2n) is 5.44. The summed E-state index contributed by atoms with van der Waals surface area (Å²) in [5, 5.41) is 18.8. The maximum Gasteiger partial charge on any atom is 0.313 e. The third kappa shape index (κ3) is 6.64. The summed E-state index contributed by atoms with van der Waals surface area (Å²) in [7, 11) is 0. The van der Waals surface area contributed by atoms with Crippen LogP contribution in [-0.4, -0.2) is 23.3 Å². The van der Waals surface area contributed by atoms with Crippen LogP contribution in [0.15, 0.2) is 35.4 Å². The van der Waals surface area contributed by atoms with Crippen LogP contribution in [0.1, 0.15) is 13.3 Å². The van der Waals surface area contributed by atoms with E-state index >= 15 is 0 Å². The van der Waals surface area contributed by atoms with Crippen LogP contribution in [0.4, 0.5) is 17.1 Å². The number of nitro groups is 1. The molecule has 0 fully saturated rings. The van der Waals surface area contributed by atoms with Crippen molar-refractivity contribution in [3.63, 3.8) is 0 Å². The summed E-state index contributed by atoms with van der Waals surface area (Å²) >= 11 is 24.2. The summed E-state index contributed by atoms with van der Waals surface area (Å²) in [6.07, 6.45) is -0.275. The third-order valence-electron chi connectivity index (χ3n) is 3.37. The van der Waals surface area contributed by atoms with Gasteiger partial charge in [0.25, 0.3) is 5.69 Å². The quantitative estimate of drug-likeness (QED) is 0.166. The molecular weight excluding hydrogens is 466 g/mol. The monoisotopic (exact) mass is 478 g/mol.